The lowest BCUT2D eigenvalue weighted by atomic mass is 10.2. The number of aliphatic imine (C=N–C) groups is 1. The second kappa shape index (κ2) is 11.7. The van der Waals surface area contributed by atoms with Gasteiger partial charge >= 0.3 is 0 Å². The Bertz CT molecular complexity index is 662. The number of benzene rings is 1. The molecule has 26 heavy (non-hydrogen) atoms. The van der Waals surface area contributed by atoms with E-state index in [4.69, 9.17) is 9.47 Å². The number of hydrogen-bond donors (Lipinski definition) is 2. The fraction of sp³-hybridized carbons (Fsp3) is 0.611. The van der Waals surface area contributed by atoms with Crippen LogP contribution >= 0.6 is 0 Å². The molecule has 1 aromatic carbocycles. The Morgan fingerprint density at radius 3 is 2.62 bits per heavy atom. The lowest BCUT2D eigenvalue weighted by Crippen LogP contribution is -2.39. The van der Waals surface area contributed by atoms with E-state index < -0.39 is 9.84 Å². The summed E-state index contributed by atoms with van der Waals surface area (Å²) >= 11 is 0. The van der Waals surface area contributed by atoms with Crippen molar-refractivity contribution in [1.82, 2.24) is 10.6 Å². The summed E-state index contributed by atoms with van der Waals surface area (Å²) in [5, 5.41) is 6.32. The summed E-state index contributed by atoms with van der Waals surface area (Å²) in [6.45, 7) is 8.40. The normalized spacial score (nSPS) is 13.3. The van der Waals surface area contributed by atoms with Gasteiger partial charge in [-0.3, -0.25) is 0 Å². The zero-order valence-corrected chi connectivity index (χ0v) is 16.9. The molecule has 0 aromatic heterocycles. The Hall–Kier alpha value is -1.80. The Balaban J connectivity index is 2.36. The van der Waals surface area contributed by atoms with Gasteiger partial charge in [-0.05, 0) is 32.4 Å². The number of ether oxygens (including phenoxy) is 2. The third kappa shape index (κ3) is 10.2. The van der Waals surface area contributed by atoms with E-state index >= 15 is 0 Å². The molecule has 148 valence electrons. The maximum atomic E-state index is 11.0. The minimum Gasteiger partial charge on any atom is -0.489 e. The van der Waals surface area contributed by atoms with E-state index in [9.17, 15) is 8.42 Å². The number of guanidine groups is 1. The zero-order chi connectivity index (χ0) is 19.4. The second-order valence-electron chi connectivity index (χ2n) is 6.08. The monoisotopic (exact) mass is 385 g/mol. The van der Waals surface area contributed by atoms with E-state index in [2.05, 4.69) is 15.6 Å². The molecule has 0 aliphatic heterocycles. The van der Waals surface area contributed by atoms with E-state index in [1.54, 1.807) is 0 Å². The average Bonchev–Trinajstić information content (AvgIpc) is 2.56. The Morgan fingerprint density at radius 1 is 1.23 bits per heavy atom. The molecule has 0 aliphatic carbocycles. The largest absolute Gasteiger partial charge is 0.489 e. The molecule has 0 saturated carbocycles. The van der Waals surface area contributed by atoms with Crippen molar-refractivity contribution in [3.05, 3.63) is 29.8 Å². The Morgan fingerprint density at radius 2 is 1.96 bits per heavy atom. The van der Waals surface area contributed by atoms with Crippen molar-refractivity contribution >= 4 is 15.8 Å². The fourth-order valence-electron chi connectivity index (χ4n) is 2.06. The summed E-state index contributed by atoms with van der Waals surface area (Å²) in [5.74, 6) is 1.58. The highest BCUT2D eigenvalue weighted by molar-refractivity contribution is 7.90. The van der Waals surface area contributed by atoms with Crippen molar-refractivity contribution < 1.29 is 17.9 Å². The first kappa shape index (κ1) is 22.2. The maximum Gasteiger partial charge on any atom is 0.191 e. The third-order valence-electron chi connectivity index (χ3n) is 3.41. The lowest BCUT2D eigenvalue weighted by molar-refractivity contribution is 0.154. The molecule has 7 nitrogen and oxygen atoms in total. The molecule has 0 amide bonds. The first-order valence-corrected chi connectivity index (χ1v) is 10.9. The highest BCUT2D eigenvalue weighted by atomic mass is 32.2. The number of nitrogens with one attached hydrogen (secondary N) is 2. The first-order chi connectivity index (χ1) is 12.3. The quantitative estimate of drug-likeness (QED) is 0.340. The molecule has 0 heterocycles. The van der Waals surface area contributed by atoms with Crippen LogP contribution in [-0.4, -0.2) is 65.3 Å². The van der Waals surface area contributed by atoms with Crippen molar-refractivity contribution in [2.45, 2.75) is 26.9 Å². The van der Waals surface area contributed by atoms with Gasteiger partial charge in [0.15, 0.2) is 5.96 Å². The van der Waals surface area contributed by atoms with Crippen LogP contribution in [0.3, 0.4) is 0 Å². The summed E-state index contributed by atoms with van der Waals surface area (Å²) < 4.78 is 33.3. The van der Waals surface area contributed by atoms with Gasteiger partial charge in [0.25, 0.3) is 0 Å². The third-order valence-corrected chi connectivity index (χ3v) is 4.32. The minimum atomic E-state index is -2.98. The fourth-order valence-corrected chi connectivity index (χ4v) is 2.48. The molecule has 1 atom stereocenters. The lowest BCUT2D eigenvalue weighted by Gasteiger charge is -2.16. The van der Waals surface area contributed by atoms with Crippen LogP contribution in [0.25, 0.3) is 0 Å². The molecule has 0 radical (unpaired) electrons. The number of aryl methyl sites for hydroxylation is 1. The van der Waals surface area contributed by atoms with Crippen LogP contribution in [0.5, 0.6) is 5.75 Å². The number of rotatable bonds is 11. The van der Waals surface area contributed by atoms with Crippen LogP contribution in [0.4, 0.5) is 0 Å². The molecule has 1 unspecified atom stereocenters. The van der Waals surface area contributed by atoms with Gasteiger partial charge in [-0.2, -0.15) is 0 Å². The van der Waals surface area contributed by atoms with Gasteiger partial charge in [0, 0.05) is 19.3 Å². The van der Waals surface area contributed by atoms with Crippen LogP contribution in [0.1, 0.15) is 19.4 Å². The van der Waals surface area contributed by atoms with Gasteiger partial charge in [0.2, 0.25) is 0 Å². The maximum absolute atomic E-state index is 11.0. The van der Waals surface area contributed by atoms with Gasteiger partial charge in [-0.1, -0.05) is 18.2 Å². The van der Waals surface area contributed by atoms with E-state index in [0.29, 0.717) is 25.7 Å². The van der Waals surface area contributed by atoms with Crippen LogP contribution in [0.2, 0.25) is 0 Å². The Labute approximate surface area is 157 Å². The predicted molar refractivity (Wildman–Crippen MR) is 106 cm³/mol. The van der Waals surface area contributed by atoms with Crippen LogP contribution in [-0.2, 0) is 14.6 Å². The minimum absolute atomic E-state index is 0.0366. The molecule has 0 bridgehead atoms. The van der Waals surface area contributed by atoms with E-state index in [-0.39, 0.29) is 18.5 Å². The van der Waals surface area contributed by atoms with Crippen LogP contribution in [0, 0.1) is 6.92 Å². The first-order valence-electron chi connectivity index (χ1n) is 8.81. The summed E-state index contributed by atoms with van der Waals surface area (Å²) in [6, 6.07) is 7.90. The number of nitrogens with zero attached hydrogens (tertiary/aromatic N) is 1. The van der Waals surface area contributed by atoms with Crippen molar-refractivity contribution in [1.29, 1.82) is 0 Å². The van der Waals surface area contributed by atoms with Gasteiger partial charge in [0.05, 0.1) is 25.5 Å². The SMILES string of the molecule is CCNC(=NCC(C)Oc1ccccc1C)NCCOCCS(C)(=O)=O. The van der Waals surface area contributed by atoms with Gasteiger partial charge in [0.1, 0.15) is 21.7 Å². The summed E-state index contributed by atoms with van der Waals surface area (Å²) in [4.78, 5) is 4.51. The van der Waals surface area contributed by atoms with E-state index in [1.165, 1.54) is 6.26 Å². The number of para-hydroxylation sites is 1. The van der Waals surface area contributed by atoms with E-state index in [1.807, 2.05) is 45.0 Å². The molecule has 8 heteroatoms. The standard InChI is InChI=1S/C18H31N3O4S/c1-5-19-18(20-10-11-24-12-13-26(4,22)23)21-14-16(3)25-17-9-7-6-8-15(17)2/h6-9,16H,5,10-14H2,1-4H3,(H2,19,20,21). The zero-order valence-electron chi connectivity index (χ0n) is 16.1. The molecule has 0 aliphatic rings. The molecule has 1 rings (SSSR count). The highest BCUT2D eigenvalue weighted by Crippen LogP contribution is 2.17. The van der Waals surface area contributed by atoms with Crippen LogP contribution in [0.15, 0.2) is 29.3 Å². The van der Waals surface area contributed by atoms with E-state index in [0.717, 1.165) is 17.9 Å². The van der Waals surface area contributed by atoms with Crippen molar-refractivity contribution in [3.63, 3.8) is 0 Å². The number of sulfone groups is 1. The van der Waals surface area contributed by atoms with Gasteiger partial charge in [-0.25, -0.2) is 13.4 Å². The highest BCUT2D eigenvalue weighted by Gasteiger charge is 2.06. The van der Waals surface area contributed by atoms with Gasteiger partial charge < -0.3 is 20.1 Å². The molecule has 2 N–H and O–H groups in total. The molecule has 0 spiro atoms. The molecular weight excluding hydrogens is 354 g/mol. The van der Waals surface area contributed by atoms with Crippen molar-refractivity contribution in [3.8, 4) is 5.75 Å². The smallest absolute Gasteiger partial charge is 0.191 e. The van der Waals surface area contributed by atoms with Crippen LogP contribution < -0.4 is 15.4 Å². The van der Waals surface area contributed by atoms with Crippen molar-refractivity contribution in [2.24, 2.45) is 4.99 Å². The van der Waals surface area contributed by atoms with Crippen molar-refractivity contribution in [2.75, 3.05) is 44.9 Å². The molecule has 1 aromatic rings. The summed E-state index contributed by atoms with van der Waals surface area (Å²) in [7, 11) is -2.98. The summed E-state index contributed by atoms with van der Waals surface area (Å²) in [6.07, 6.45) is 1.14. The molecular formula is C18H31N3O4S. The number of hydrogen-bond acceptors (Lipinski definition) is 5. The average molecular weight is 386 g/mol. The topological polar surface area (TPSA) is 89.0 Å². The van der Waals surface area contributed by atoms with Gasteiger partial charge in [-0.15, -0.1) is 0 Å². The predicted octanol–water partition coefficient (Wildman–Crippen LogP) is 1.38. The Kier molecular flexibility index (Phi) is 10.0. The molecule has 0 fully saturated rings. The second-order valence-corrected chi connectivity index (χ2v) is 8.34. The molecule has 0 saturated heterocycles. The summed E-state index contributed by atoms with van der Waals surface area (Å²) in [5.41, 5.74) is 1.10.